The third-order valence-electron chi connectivity index (χ3n) is 3.23. The lowest BCUT2D eigenvalue weighted by Gasteiger charge is -2.34. The van der Waals surface area contributed by atoms with Crippen LogP contribution in [-0.2, 0) is 4.74 Å². The van der Waals surface area contributed by atoms with Gasteiger partial charge in [0.25, 0.3) is 0 Å². The van der Waals surface area contributed by atoms with Gasteiger partial charge in [-0.15, -0.1) is 0 Å². The molecule has 1 aliphatic heterocycles. The highest BCUT2D eigenvalue weighted by Gasteiger charge is 2.32. The van der Waals surface area contributed by atoms with Crippen LogP contribution in [0.15, 0.2) is 0 Å². The van der Waals surface area contributed by atoms with E-state index >= 15 is 0 Å². The molecule has 0 spiro atoms. The summed E-state index contributed by atoms with van der Waals surface area (Å²) in [5.41, 5.74) is 6.01. The summed E-state index contributed by atoms with van der Waals surface area (Å²) in [7, 11) is 4.00. The number of ether oxygens (including phenoxy) is 1. The Labute approximate surface area is 87.6 Å². The van der Waals surface area contributed by atoms with Crippen molar-refractivity contribution in [2.45, 2.75) is 25.7 Å². The fourth-order valence-corrected chi connectivity index (χ4v) is 2.62. The van der Waals surface area contributed by atoms with E-state index in [1.165, 1.54) is 25.8 Å². The first-order chi connectivity index (χ1) is 6.72. The molecule has 0 aliphatic carbocycles. The van der Waals surface area contributed by atoms with Gasteiger partial charge >= 0.3 is 0 Å². The van der Waals surface area contributed by atoms with Crippen LogP contribution in [0.25, 0.3) is 0 Å². The van der Waals surface area contributed by atoms with Gasteiger partial charge in [0, 0.05) is 19.1 Å². The van der Waals surface area contributed by atoms with Gasteiger partial charge in [-0.05, 0) is 39.4 Å². The second kappa shape index (κ2) is 5.69. The zero-order valence-corrected chi connectivity index (χ0v) is 9.59. The third kappa shape index (κ3) is 3.23. The molecular weight excluding hydrogens is 176 g/mol. The van der Waals surface area contributed by atoms with Gasteiger partial charge < -0.3 is 15.4 Å². The summed E-state index contributed by atoms with van der Waals surface area (Å²) >= 11 is 0. The van der Waals surface area contributed by atoms with Crippen molar-refractivity contribution in [3.8, 4) is 0 Å². The van der Waals surface area contributed by atoms with Crippen LogP contribution in [0, 0.1) is 5.41 Å². The van der Waals surface area contributed by atoms with Crippen LogP contribution in [0.2, 0.25) is 0 Å². The first kappa shape index (κ1) is 12.0. The van der Waals surface area contributed by atoms with Crippen LogP contribution in [0.3, 0.4) is 0 Å². The molecule has 2 N–H and O–H groups in total. The molecule has 0 aromatic carbocycles. The molecule has 3 heteroatoms. The Bertz CT molecular complexity index is 155. The van der Waals surface area contributed by atoms with Crippen LogP contribution < -0.4 is 5.73 Å². The lowest BCUT2D eigenvalue weighted by atomic mass is 9.81. The number of methoxy groups -OCH3 is 1. The minimum atomic E-state index is 0.314. The van der Waals surface area contributed by atoms with Gasteiger partial charge in [0.15, 0.2) is 0 Å². The molecule has 0 aromatic heterocycles. The fraction of sp³-hybridized carbons (Fsp3) is 1.00. The van der Waals surface area contributed by atoms with Gasteiger partial charge in [0.1, 0.15) is 0 Å². The topological polar surface area (TPSA) is 38.5 Å². The minimum Gasteiger partial charge on any atom is -0.384 e. The Hall–Kier alpha value is -0.120. The largest absolute Gasteiger partial charge is 0.384 e. The maximum atomic E-state index is 5.70. The van der Waals surface area contributed by atoms with Crippen molar-refractivity contribution in [2.24, 2.45) is 11.1 Å². The average molecular weight is 200 g/mol. The van der Waals surface area contributed by atoms with E-state index in [0.29, 0.717) is 5.41 Å². The molecule has 0 bridgehead atoms. The first-order valence-corrected chi connectivity index (χ1v) is 5.60. The average Bonchev–Trinajstić information content (AvgIpc) is 2.29. The molecule has 1 saturated heterocycles. The van der Waals surface area contributed by atoms with Crippen LogP contribution in [0.1, 0.15) is 25.7 Å². The molecule has 1 rings (SSSR count). The van der Waals surface area contributed by atoms with Gasteiger partial charge in [-0.1, -0.05) is 6.42 Å². The molecule has 3 nitrogen and oxygen atoms in total. The van der Waals surface area contributed by atoms with Gasteiger partial charge in [-0.3, -0.25) is 0 Å². The van der Waals surface area contributed by atoms with E-state index in [9.17, 15) is 0 Å². The summed E-state index contributed by atoms with van der Waals surface area (Å²) in [6.45, 7) is 3.99. The van der Waals surface area contributed by atoms with Crippen molar-refractivity contribution in [3.63, 3.8) is 0 Å². The highest BCUT2D eigenvalue weighted by molar-refractivity contribution is 4.84. The summed E-state index contributed by atoms with van der Waals surface area (Å²) < 4.78 is 5.36. The van der Waals surface area contributed by atoms with Gasteiger partial charge in [0.2, 0.25) is 0 Å². The predicted octanol–water partition coefficient (Wildman–Crippen LogP) is 1.08. The quantitative estimate of drug-likeness (QED) is 0.738. The molecule has 1 aliphatic rings. The molecule has 1 fully saturated rings. The van der Waals surface area contributed by atoms with E-state index in [4.69, 9.17) is 10.5 Å². The van der Waals surface area contributed by atoms with E-state index < -0.39 is 0 Å². The van der Waals surface area contributed by atoms with Gasteiger partial charge in [-0.2, -0.15) is 0 Å². The normalized spacial score (nSPS) is 30.2. The Morgan fingerprint density at radius 3 is 2.86 bits per heavy atom. The maximum absolute atomic E-state index is 5.70. The SMILES string of the molecule is COCC1(CCN)CCCCN(C)C1. The summed E-state index contributed by atoms with van der Waals surface area (Å²) in [6.07, 6.45) is 4.98. The Kier molecular flexibility index (Phi) is 4.85. The molecule has 0 saturated carbocycles. The molecule has 0 amide bonds. The van der Waals surface area contributed by atoms with Crippen molar-refractivity contribution in [3.05, 3.63) is 0 Å². The highest BCUT2D eigenvalue weighted by Crippen LogP contribution is 2.32. The molecule has 1 atom stereocenters. The molecule has 0 radical (unpaired) electrons. The predicted molar refractivity (Wildman–Crippen MR) is 59.3 cm³/mol. The lowest BCUT2D eigenvalue weighted by Crippen LogP contribution is -2.39. The number of nitrogens with two attached hydrogens (primary N) is 1. The number of hydrogen-bond donors (Lipinski definition) is 1. The molecule has 14 heavy (non-hydrogen) atoms. The van der Waals surface area contributed by atoms with Gasteiger partial charge in [-0.25, -0.2) is 0 Å². The Morgan fingerprint density at radius 2 is 2.21 bits per heavy atom. The fourth-order valence-electron chi connectivity index (χ4n) is 2.62. The molecule has 0 aromatic rings. The number of nitrogens with zero attached hydrogens (tertiary/aromatic N) is 1. The van der Waals surface area contributed by atoms with Crippen molar-refractivity contribution >= 4 is 0 Å². The smallest absolute Gasteiger partial charge is 0.0531 e. The van der Waals surface area contributed by atoms with E-state index in [0.717, 1.165) is 26.1 Å². The summed E-state index contributed by atoms with van der Waals surface area (Å²) in [5, 5.41) is 0. The van der Waals surface area contributed by atoms with Crippen LogP contribution in [0.5, 0.6) is 0 Å². The molecular formula is C11H24N2O. The summed E-state index contributed by atoms with van der Waals surface area (Å²) in [5.74, 6) is 0. The van der Waals surface area contributed by atoms with E-state index in [1.54, 1.807) is 7.11 Å². The Morgan fingerprint density at radius 1 is 1.43 bits per heavy atom. The highest BCUT2D eigenvalue weighted by atomic mass is 16.5. The molecule has 1 heterocycles. The third-order valence-corrected chi connectivity index (χ3v) is 3.23. The standard InChI is InChI=1S/C11H24N2O/c1-13-8-4-3-5-11(9-13,6-7-12)10-14-2/h3-10,12H2,1-2H3. The molecule has 84 valence electrons. The van der Waals surface area contributed by atoms with E-state index in [-0.39, 0.29) is 0 Å². The van der Waals surface area contributed by atoms with Gasteiger partial charge in [0.05, 0.1) is 6.61 Å². The Balaban J connectivity index is 2.61. The van der Waals surface area contributed by atoms with E-state index in [1.807, 2.05) is 0 Å². The van der Waals surface area contributed by atoms with Crippen LogP contribution >= 0.6 is 0 Å². The van der Waals surface area contributed by atoms with Crippen molar-refractivity contribution in [1.29, 1.82) is 0 Å². The monoisotopic (exact) mass is 200 g/mol. The zero-order chi connectivity index (χ0) is 10.4. The molecule has 1 unspecified atom stereocenters. The van der Waals surface area contributed by atoms with Crippen LogP contribution in [0.4, 0.5) is 0 Å². The number of likely N-dealkylation sites (tertiary alicyclic amines) is 1. The minimum absolute atomic E-state index is 0.314. The van der Waals surface area contributed by atoms with E-state index in [2.05, 4.69) is 11.9 Å². The second-order valence-electron chi connectivity index (χ2n) is 4.67. The number of rotatable bonds is 4. The summed E-state index contributed by atoms with van der Waals surface area (Å²) in [4.78, 5) is 2.42. The summed E-state index contributed by atoms with van der Waals surface area (Å²) in [6, 6.07) is 0. The maximum Gasteiger partial charge on any atom is 0.0531 e. The number of hydrogen-bond acceptors (Lipinski definition) is 3. The van der Waals surface area contributed by atoms with Crippen molar-refractivity contribution < 1.29 is 4.74 Å². The van der Waals surface area contributed by atoms with Crippen LogP contribution in [-0.4, -0.2) is 45.3 Å². The second-order valence-corrected chi connectivity index (χ2v) is 4.67. The van der Waals surface area contributed by atoms with Crippen molar-refractivity contribution in [2.75, 3.05) is 40.4 Å². The van der Waals surface area contributed by atoms with Crippen molar-refractivity contribution in [1.82, 2.24) is 4.90 Å². The zero-order valence-electron chi connectivity index (χ0n) is 9.59. The first-order valence-electron chi connectivity index (χ1n) is 5.60. The lowest BCUT2D eigenvalue weighted by molar-refractivity contribution is 0.0491.